The lowest BCUT2D eigenvalue weighted by Crippen LogP contribution is -2.37. The highest BCUT2D eigenvalue weighted by molar-refractivity contribution is 5.98. The first kappa shape index (κ1) is 19.9. The maximum atomic E-state index is 12.9. The molecule has 6 heteroatoms. The van der Waals surface area contributed by atoms with Crippen LogP contribution in [0.2, 0.25) is 0 Å². The Bertz CT molecular complexity index is 708. The average molecular weight is 375 g/mol. The van der Waals surface area contributed by atoms with E-state index in [1.165, 1.54) is 12.6 Å². The number of aromatic nitrogens is 1. The molecule has 0 saturated carbocycles. The number of aromatic amines is 1. The van der Waals surface area contributed by atoms with Crippen LogP contribution in [-0.4, -0.2) is 59.3 Å². The fourth-order valence-corrected chi connectivity index (χ4v) is 5.23. The van der Waals surface area contributed by atoms with Crippen molar-refractivity contribution in [2.24, 2.45) is 28.4 Å². The third-order valence-electron chi connectivity index (χ3n) is 6.61. The standard InChI is InChI=1S/C21H34N4O2/c1-14(2)6-15(3)9-24-10-20(4)12-25(13-21(20,5)11-24)19(27)17-7-16(8-23-17)18(22)26/h7-8,14-15,23H,6,9-13H2,1-5H3,(H2,22,26)/t15?,20-,21+. The Hall–Kier alpha value is -1.82. The van der Waals surface area contributed by atoms with Crippen LogP contribution < -0.4 is 5.73 Å². The summed E-state index contributed by atoms with van der Waals surface area (Å²) in [7, 11) is 0. The Morgan fingerprint density at radius 1 is 1.15 bits per heavy atom. The smallest absolute Gasteiger partial charge is 0.270 e. The Kier molecular flexibility index (Phi) is 5.14. The molecule has 3 atom stereocenters. The van der Waals surface area contributed by atoms with E-state index >= 15 is 0 Å². The maximum absolute atomic E-state index is 12.9. The van der Waals surface area contributed by atoms with Gasteiger partial charge in [0.2, 0.25) is 5.91 Å². The van der Waals surface area contributed by atoms with E-state index in [0.717, 1.165) is 38.6 Å². The monoisotopic (exact) mass is 374 g/mol. The zero-order valence-electron chi connectivity index (χ0n) is 17.3. The second-order valence-corrected chi connectivity index (χ2v) is 9.85. The van der Waals surface area contributed by atoms with Crippen LogP contribution in [0.3, 0.4) is 0 Å². The molecule has 2 aliphatic rings. The predicted octanol–water partition coefficient (Wildman–Crippen LogP) is 2.58. The number of H-pyrrole nitrogens is 1. The van der Waals surface area contributed by atoms with Gasteiger partial charge in [-0.25, -0.2) is 0 Å². The summed E-state index contributed by atoms with van der Waals surface area (Å²) in [6.07, 6.45) is 2.76. The number of nitrogens with one attached hydrogen (secondary N) is 1. The second-order valence-electron chi connectivity index (χ2n) is 9.85. The van der Waals surface area contributed by atoms with Crippen molar-refractivity contribution in [2.45, 2.75) is 41.0 Å². The molecule has 2 fully saturated rings. The first-order valence-electron chi connectivity index (χ1n) is 10.0. The van der Waals surface area contributed by atoms with Crippen LogP contribution in [0.1, 0.15) is 61.9 Å². The van der Waals surface area contributed by atoms with Crippen molar-refractivity contribution >= 4 is 11.8 Å². The molecule has 2 amide bonds. The molecule has 1 aromatic heterocycles. The summed E-state index contributed by atoms with van der Waals surface area (Å²) in [6, 6.07) is 1.56. The molecule has 0 aromatic carbocycles. The molecule has 0 aliphatic carbocycles. The molecule has 3 N–H and O–H groups in total. The van der Waals surface area contributed by atoms with Gasteiger partial charge < -0.3 is 20.5 Å². The third-order valence-corrected chi connectivity index (χ3v) is 6.61. The van der Waals surface area contributed by atoms with Gasteiger partial charge in [0, 0.05) is 49.8 Å². The highest BCUT2D eigenvalue weighted by Crippen LogP contribution is 2.51. The highest BCUT2D eigenvalue weighted by Gasteiger charge is 2.58. The zero-order valence-corrected chi connectivity index (χ0v) is 17.3. The fraction of sp³-hybridized carbons (Fsp3) is 0.714. The van der Waals surface area contributed by atoms with Gasteiger partial charge in [0.05, 0.1) is 5.56 Å². The van der Waals surface area contributed by atoms with Gasteiger partial charge in [-0.2, -0.15) is 0 Å². The van der Waals surface area contributed by atoms with Gasteiger partial charge in [-0.15, -0.1) is 0 Å². The van der Waals surface area contributed by atoms with Crippen molar-refractivity contribution in [3.8, 4) is 0 Å². The van der Waals surface area contributed by atoms with Crippen LogP contribution in [0.15, 0.2) is 12.3 Å². The topological polar surface area (TPSA) is 82.4 Å². The summed E-state index contributed by atoms with van der Waals surface area (Å²) in [5.41, 5.74) is 6.28. The first-order valence-corrected chi connectivity index (χ1v) is 10.0. The number of hydrogen-bond acceptors (Lipinski definition) is 3. The Morgan fingerprint density at radius 2 is 1.74 bits per heavy atom. The van der Waals surface area contributed by atoms with E-state index in [9.17, 15) is 9.59 Å². The van der Waals surface area contributed by atoms with Crippen molar-refractivity contribution < 1.29 is 9.59 Å². The number of carbonyl (C=O) groups is 2. The lowest BCUT2D eigenvalue weighted by molar-refractivity contribution is 0.0750. The summed E-state index contributed by atoms with van der Waals surface area (Å²) >= 11 is 0. The predicted molar refractivity (Wildman–Crippen MR) is 106 cm³/mol. The molecule has 0 spiro atoms. The number of carbonyl (C=O) groups excluding carboxylic acids is 2. The summed E-state index contributed by atoms with van der Waals surface area (Å²) in [5.74, 6) is 0.861. The van der Waals surface area contributed by atoms with E-state index in [4.69, 9.17) is 5.73 Å². The quantitative estimate of drug-likeness (QED) is 0.803. The minimum Gasteiger partial charge on any atom is -0.366 e. The number of amides is 2. The van der Waals surface area contributed by atoms with Crippen LogP contribution in [0.25, 0.3) is 0 Å². The first-order chi connectivity index (χ1) is 12.5. The average Bonchev–Trinajstić information content (AvgIpc) is 3.15. The van der Waals surface area contributed by atoms with Crippen molar-refractivity contribution in [3.05, 3.63) is 23.5 Å². The lowest BCUT2D eigenvalue weighted by Gasteiger charge is -2.30. The van der Waals surface area contributed by atoms with Gasteiger partial charge in [-0.3, -0.25) is 9.59 Å². The molecular formula is C21H34N4O2. The fourth-order valence-electron chi connectivity index (χ4n) is 5.23. The molecule has 27 heavy (non-hydrogen) atoms. The summed E-state index contributed by atoms with van der Waals surface area (Å²) in [6.45, 7) is 16.3. The second kappa shape index (κ2) is 6.97. The van der Waals surface area contributed by atoms with Crippen LogP contribution in [0.5, 0.6) is 0 Å². The Morgan fingerprint density at radius 3 is 2.22 bits per heavy atom. The Balaban J connectivity index is 1.66. The number of nitrogens with two attached hydrogens (primary N) is 1. The molecule has 1 aromatic rings. The molecular weight excluding hydrogens is 340 g/mol. The van der Waals surface area contributed by atoms with Gasteiger partial charge in [0.25, 0.3) is 5.91 Å². The summed E-state index contributed by atoms with van der Waals surface area (Å²) in [4.78, 5) is 31.6. The van der Waals surface area contributed by atoms with E-state index in [2.05, 4.69) is 44.5 Å². The summed E-state index contributed by atoms with van der Waals surface area (Å²) in [5, 5.41) is 0. The van der Waals surface area contributed by atoms with Crippen molar-refractivity contribution in [1.82, 2.24) is 14.8 Å². The van der Waals surface area contributed by atoms with E-state index in [1.54, 1.807) is 6.07 Å². The molecule has 1 unspecified atom stereocenters. The number of fused-ring (bicyclic) bond motifs is 1. The number of rotatable bonds is 6. The Labute approximate surface area is 162 Å². The molecule has 2 saturated heterocycles. The van der Waals surface area contributed by atoms with Crippen molar-refractivity contribution in [1.29, 1.82) is 0 Å². The van der Waals surface area contributed by atoms with Crippen LogP contribution in [-0.2, 0) is 0 Å². The van der Waals surface area contributed by atoms with Crippen LogP contribution >= 0.6 is 0 Å². The molecule has 3 rings (SSSR count). The minimum atomic E-state index is -0.520. The van der Waals surface area contributed by atoms with Crippen LogP contribution in [0.4, 0.5) is 0 Å². The number of nitrogens with zero attached hydrogens (tertiary/aromatic N) is 2. The van der Waals surface area contributed by atoms with Gasteiger partial charge in [-0.1, -0.05) is 34.6 Å². The number of hydrogen-bond donors (Lipinski definition) is 2. The third kappa shape index (κ3) is 3.77. The van der Waals surface area contributed by atoms with Crippen molar-refractivity contribution in [2.75, 3.05) is 32.7 Å². The van der Waals surface area contributed by atoms with Gasteiger partial charge in [-0.05, 0) is 24.3 Å². The van der Waals surface area contributed by atoms with Gasteiger partial charge in [0.15, 0.2) is 0 Å². The van der Waals surface area contributed by atoms with E-state index in [-0.39, 0.29) is 16.7 Å². The highest BCUT2D eigenvalue weighted by atomic mass is 16.2. The molecule has 0 bridgehead atoms. The van der Waals surface area contributed by atoms with Crippen molar-refractivity contribution in [3.63, 3.8) is 0 Å². The van der Waals surface area contributed by atoms with E-state index in [1.807, 2.05) is 4.90 Å². The SMILES string of the molecule is CC(C)CC(C)CN1C[C@@]2(C)CN(C(=O)c3cc(C(N)=O)c[nH]3)C[C@@]2(C)C1. The maximum Gasteiger partial charge on any atom is 0.270 e. The largest absolute Gasteiger partial charge is 0.366 e. The molecule has 3 heterocycles. The van der Waals surface area contributed by atoms with E-state index in [0.29, 0.717) is 17.2 Å². The normalized spacial score (nSPS) is 29.3. The number of likely N-dealkylation sites (tertiary alicyclic amines) is 2. The molecule has 150 valence electrons. The molecule has 2 aliphatic heterocycles. The zero-order chi connectivity index (χ0) is 20.0. The van der Waals surface area contributed by atoms with Gasteiger partial charge in [0.1, 0.15) is 5.69 Å². The lowest BCUT2D eigenvalue weighted by atomic mass is 9.71. The summed E-state index contributed by atoms with van der Waals surface area (Å²) < 4.78 is 0. The molecule has 6 nitrogen and oxygen atoms in total. The number of primary amides is 1. The minimum absolute atomic E-state index is 0.0425. The van der Waals surface area contributed by atoms with E-state index < -0.39 is 5.91 Å². The van der Waals surface area contributed by atoms with Crippen LogP contribution in [0, 0.1) is 22.7 Å². The molecule has 0 radical (unpaired) electrons. The van der Waals surface area contributed by atoms with Gasteiger partial charge >= 0.3 is 0 Å².